The third-order valence-electron chi connectivity index (χ3n) is 5.35. The summed E-state index contributed by atoms with van der Waals surface area (Å²) in [7, 11) is 0. The van der Waals surface area contributed by atoms with Gasteiger partial charge in [-0.05, 0) is 31.5 Å². The number of aromatic hydroxyl groups is 1. The standard InChI is InChI=1S/C18H18F3N5O2/c1-10-15(12-3-2-11(6-13(12)27)18(19,20)21)24-25-16(23-10)26-5-4-17(9-26)7-14(28)22-8-17/h2-3,6,27H,4-5,7-9H2,1H3,(H,22,28). The first kappa shape index (κ1) is 18.5. The number of anilines is 1. The van der Waals surface area contributed by atoms with Crippen LogP contribution in [0.1, 0.15) is 24.1 Å². The van der Waals surface area contributed by atoms with E-state index < -0.39 is 17.5 Å². The Hall–Kier alpha value is -2.91. The van der Waals surface area contributed by atoms with E-state index in [1.54, 1.807) is 6.92 Å². The van der Waals surface area contributed by atoms with Crippen LogP contribution in [0.15, 0.2) is 18.2 Å². The van der Waals surface area contributed by atoms with Gasteiger partial charge in [0.2, 0.25) is 11.9 Å². The van der Waals surface area contributed by atoms with Crippen LogP contribution in [0.25, 0.3) is 11.3 Å². The van der Waals surface area contributed by atoms with Crippen molar-refractivity contribution >= 4 is 11.9 Å². The third kappa shape index (κ3) is 3.23. The Kier molecular flexibility index (Phi) is 4.16. The summed E-state index contributed by atoms with van der Waals surface area (Å²) in [6.07, 6.45) is -3.22. The number of hydrogen-bond donors (Lipinski definition) is 2. The molecule has 3 heterocycles. The van der Waals surface area contributed by atoms with Crippen molar-refractivity contribution in [2.75, 3.05) is 24.5 Å². The lowest BCUT2D eigenvalue weighted by atomic mass is 9.86. The summed E-state index contributed by atoms with van der Waals surface area (Å²) in [6, 6.07) is 2.72. The summed E-state index contributed by atoms with van der Waals surface area (Å²) >= 11 is 0. The average Bonchev–Trinajstić information content (AvgIpc) is 3.20. The lowest BCUT2D eigenvalue weighted by Gasteiger charge is -2.21. The highest BCUT2D eigenvalue weighted by atomic mass is 19.4. The Labute approximate surface area is 158 Å². The summed E-state index contributed by atoms with van der Waals surface area (Å²) in [5, 5.41) is 21.1. The number of carbonyl (C=O) groups is 1. The molecule has 28 heavy (non-hydrogen) atoms. The van der Waals surface area contributed by atoms with E-state index in [0.717, 1.165) is 18.6 Å². The van der Waals surface area contributed by atoms with Crippen LogP contribution < -0.4 is 10.2 Å². The van der Waals surface area contributed by atoms with Gasteiger partial charge in [-0.3, -0.25) is 4.79 Å². The summed E-state index contributed by atoms with van der Waals surface area (Å²) in [6.45, 7) is 3.63. The van der Waals surface area contributed by atoms with E-state index in [4.69, 9.17) is 0 Å². The molecule has 4 rings (SSSR count). The van der Waals surface area contributed by atoms with Gasteiger partial charge in [-0.25, -0.2) is 4.98 Å². The fraction of sp³-hybridized carbons (Fsp3) is 0.444. The minimum atomic E-state index is -4.54. The van der Waals surface area contributed by atoms with Gasteiger partial charge >= 0.3 is 6.18 Å². The first-order chi connectivity index (χ1) is 13.2. The molecule has 2 N–H and O–H groups in total. The van der Waals surface area contributed by atoms with E-state index in [1.165, 1.54) is 0 Å². The van der Waals surface area contributed by atoms with E-state index in [9.17, 15) is 23.1 Å². The van der Waals surface area contributed by atoms with Crippen molar-refractivity contribution in [1.82, 2.24) is 20.5 Å². The summed E-state index contributed by atoms with van der Waals surface area (Å²) in [4.78, 5) is 17.9. The number of nitrogens with one attached hydrogen (secondary N) is 1. The molecular weight excluding hydrogens is 375 g/mol. The molecule has 1 amide bonds. The van der Waals surface area contributed by atoms with Gasteiger partial charge in [0, 0.05) is 37.0 Å². The van der Waals surface area contributed by atoms with E-state index in [2.05, 4.69) is 20.5 Å². The Bertz CT molecular complexity index is 949. The second-order valence-corrected chi connectivity index (χ2v) is 7.40. The highest BCUT2D eigenvalue weighted by Gasteiger charge is 2.44. The van der Waals surface area contributed by atoms with E-state index in [1.807, 2.05) is 4.90 Å². The Balaban J connectivity index is 1.58. The molecule has 1 spiro atoms. The molecule has 0 bridgehead atoms. The number of carbonyl (C=O) groups excluding carboxylic acids is 1. The Morgan fingerprint density at radius 1 is 1.29 bits per heavy atom. The van der Waals surface area contributed by atoms with Crippen molar-refractivity contribution < 1.29 is 23.1 Å². The van der Waals surface area contributed by atoms with Crippen LogP contribution in [0, 0.1) is 12.3 Å². The lowest BCUT2D eigenvalue weighted by Crippen LogP contribution is -2.30. The number of phenols is 1. The molecule has 7 nitrogen and oxygen atoms in total. The molecule has 0 aliphatic carbocycles. The van der Waals surface area contributed by atoms with Crippen molar-refractivity contribution in [3.63, 3.8) is 0 Å². The van der Waals surface area contributed by atoms with E-state index in [-0.39, 0.29) is 22.6 Å². The molecular formula is C18H18F3N5O2. The highest BCUT2D eigenvalue weighted by Crippen LogP contribution is 2.39. The van der Waals surface area contributed by atoms with Gasteiger partial charge in [0.25, 0.3) is 0 Å². The number of hydrogen-bond acceptors (Lipinski definition) is 6. The van der Waals surface area contributed by atoms with Gasteiger partial charge in [-0.1, -0.05) is 0 Å². The fourth-order valence-electron chi connectivity index (χ4n) is 3.83. The van der Waals surface area contributed by atoms with Gasteiger partial charge in [0.05, 0.1) is 11.3 Å². The van der Waals surface area contributed by atoms with Gasteiger partial charge in [-0.2, -0.15) is 13.2 Å². The van der Waals surface area contributed by atoms with Crippen molar-refractivity contribution in [3.05, 3.63) is 29.5 Å². The number of alkyl halides is 3. The maximum Gasteiger partial charge on any atom is 0.416 e. The number of phenolic OH excluding ortho intramolecular Hbond substituents is 1. The van der Waals surface area contributed by atoms with Crippen LogP contribution in [0.2, 0.25) is 0 Å². The number of rotatable bonds is 2. The van der Waals surface area contributed by atoms with Crippen LogP contribution in [0.5, 0.6) is 5.75 Å². The molecule has 0 radical (unpaired) electrons. The number of aryl methyl sites for hydroxylation is 1. The monoisotopic (exact) mass is 393 g/mol. The van der Waals surface area contributed by atoms with Gasteiger partial charge < -0.3 is 15.3 Å². The second kappa shape index (κ2) is 6.32. The average molecular weight is 393 g/mol. The zero-order valence-electron chi connectivity index (χ0n) is 15.0. The number of benzene rings is 1. The van der Waals surface area contributed by atoms with Crippen molar-refractivity contribution in [2.45, 2.75) is 25.9 Å². The fourth-order valence-corrected chi connectivity index (χ4v) is 3.83. The number of nitrogens with zero attached hydrogens (tertiary/aromatic N) is 4. The molecule has 2 aromatic rings. The zero-order valence-corrected chi connectivity index (χ0v) is 15.0. The van der Waals surface area contributed by atoms with Crippen LogP contribution in [-0.2, 0) is 11.0 Å². The molecule has 1 unspecified atom stereocenters. The van der Waals surface area contributed by atoms with Crippen molar-refractivity contribution in [2.24, 2.45) is 5.41 Å². The molecule has 10 heteroatoms. The molecule has 1 atom stereocenters. The van der Waals surface area contributed by atoms with E-state index in [0.29, 0.717) is 43.8 Å². The zero-order chi connectivity index (χ0) is 20.1. The first-order valence-electron chi connectivity index (χ1n) is 8.80. The largest absolute Gasteiger partial charge is 0.507 e. The molecule has 2 aliphatic rings. The number of halogens is 3. The number of amides is 1. The van der Waals surface area contributed by atoms with Crippen LogP contribution in [0.3, 0.4) is 0 Å². The molecule has 0 saturated carbocycles. The predicted molar refractivity (Wildman–Crippen MR) is 93.6 cm³/mol. The van der Waals surface area contributed by atoms with E-state index >= 15 is 0 Å². The van der Waals surface area contributed by atoms with Gasteiger partial charge in [-0.15, -0.1) is 10.2 Å². The van der Waals surface area contributed by atoms with Crippen LogP contribution in [0.4, 0.5) is 19.1 Å². The molecule has 2 aliphatic heterocycles. The smallest absolute Gasteiger partial charge is 0.416 e. The maximum absolute atomic E-state index is 12.8. The summed E-state index contributed by atoms with van der Waals surface area (Å²) in [5.41, 5.74) is -0.242. The van der Waals surface area contributed by atoms with Gasteiger partial charge in [0.1, 0.15) is 11.4 Å². The van der Waals surface area contributed by atoms with Crippen molar-refractivity contribution in [1.29, 1.82) is 0 Å². The summed E-state index contributed by atoms with van der Waals surface area (Å²) in [5.74, 6) is -0.0773. The first-order valence-corrected chi connectivity index (χ1v) is 8.80. The summed E-state index contributed by atoms with van der Waals surface area (Å²) < 4.78 is 38.3. The minimum Gasteiger partial charge on any atom is -0.507 e. The second-order valence-electron chi connectivity index (χ2n) is 7.40. The quantitative estimate of drug-likeness (QED) is 0.814. The van der Waals surface area contributed by atoms with Crippen LogP contribution >= 0.6 is 0 Å². The molecule has 1 aromatic heterocycles. The Morgan fingerprint density at radius 3 is 2.68 bits per heavy atom. The predicted octanol–water partition coefficient (Wildman–Crippen LogP) is 2.29. The molecule has 1 aromatic carbocycles. The molecule has 148 valence electrons. The third-order valence-corrected chi connectivity index (χ3v) is 5.35. The lowest BCUT2D eigenvalue weighted by molar-refractivity contribution is -0.137. The van der Waals surface area contributed by atoms with Crippen molar-refractivity contribution in [3.8, 4) is 17.0 Å². The number of aromatic nitrogens is 3. The normalized spacial score (nSPS) is 22.1. The SMILES string of the molecule is Cc1nc(N2CCC3(CNC(=O)C3)C2)nnc1-c1ccc(C(F)(F)F)cc1O. The van der Waals surface area contributed by atoms with Crippen LogP contribution in [-0.4, -0.2) is 45.8 Å². The minimum absolute atomic E-state index is 0.0465. The molecule has 2 fully saturated rings. The topological polar surface area (TPSA) is 91.2 Å². The molecule has 2 saturated heterocycles. The Morgan fingerprint density at radius 2 is 2.07 bits per heavy atom. The maximum atomic E-state index is 12.8. The van der Waals surface area contributed by atoms with Gasteiger partial charge in [0.15, 0.2) is 0 Å². The highest BCUT2D eigenvalue weighted by molar-refractivity contribution is 5.79.